The molecule has 1 aliphatic heterocycles. The lowest BCUT2D eigenvalue weighted by Crippen LogP contribution is -2.54. The van der Waals surface area contributed by atoms with Gasteiger partial charge >= 0.3 is 0 Å². The van der Waals surface area contributed by atoms with Gasteiger partial charge in [0.05, 0.1) is 5.60 Å². The second kappa shape index (κ2) is 8.30. The predicted molar refractivity (Wildman–Crippen MR) is 115 cm³/mol. The zero-order valence-corrected chi connectivity index (χ0v) is 16.5. The maximum Gasteiger partial charge on any atom is 0.0752 e. The summed E-state index contributed by atoms with van der Waals surface area (Å²) in [6.07, 6.45) is 2.33. The van der Waals surface area contributed by atoms with Crippen molar-refractivity contribution in [3.05, 3.63) is 108 Å². The van der Waals surface area contributed by atoms with E-state index in [4.69, 9.17) is 0 Å². The summed E-state index contributed by atoms with van der Waals surface area (Å²) < 4.78 is 0. The molecule has 144 valence electrons. The molecular formula is C26H29NO. The Morgan fingerprint density at radius 1 is 0.821 bits per heavy atom. The van der Waals surface area contributed by atoms with Gasteiger partial charge in [-0.2, -0.15) is 0 Å². The van der Waals surface area contributed by atoms with E-state index < -0.39 is 5.60 Å². The third-order valence-corrected chi connectivity index (χ3v) is 6.18. The first-order valence-corrected chi connectivity index (χ1v) is 10.3. The topological polar surface area (TPSA) is 32.3 Å². The predicted octanol–water partition coefficient (Wildman–Crippen LogP) is 5.46. The average molecular weight is 372 g/mol. The normalized spacial score (nSPS) is 27.4. The quantitative estimate of drug-likeness (QED) is 0.624. The van der Waals surface area contributed by atoms with E-state index in [1.807, 2.05) is 12.1 Å². The van der Waals surface area contributed by atoms with Crippen LogP contribution in [0, 0.1) is 5.92 Å². The molecular weight excluding hydrogens is 342 g/mol. The van der Waals surface area contributed by atoms with Crippen molar-refractivity contribution in [1.29, 1.82) is 0 Å². The average Bonchev–Trinajstić information content (AvgIpc) is 2.75. The van der Waals surface area contributed by atoms with Crippen molar-refractivity contribution in [3.63, 3.8) is 0 Å². The molecule has 4 rings (SSSR count). The number of hydrogen-bond donors (Lipinski definition) is 2. The van der Waals surface area contributed by atoms with Gasteiger partial charge in [-0.3, -0.25) is 0 Å². The Labute approximate surface area is 168 Å². The van der Waals surface area contributed by atoms with Gasteiger partial charge in [0.2, 0.25) is 0 Å². The maximum absolute atomic E-state index is 12.0. The Morgan fingerprint density at radius 2 is 1.36 bits per heavy atom. The van der Waals surface area contributed by atoms with Gasteiger partial charge in [0, 0.05) is 24.4 Å². The monoisotopic (exact) mass is 371 g/mol. The fourth-order valence-corrected chi connectivity index (χ4v) is 4.86. The van der Waals surface area contributed by atoms with Crippen LogP contribution in [0.1, 0.15) is 48.5 Å². The molecule has 2 nitrogen and oxygen atoms in total. The van der Waals surface area contributed by atoms with Crippen molar-refractivity contribution in [1.82, 2.24) is 5.32 Å². The zero-order chi connectivity index (χ0) is 19.4. The van der Waals surface area contributed by atoms with Crippen molar-refractivity contribution in [2.45, 2.75) is 43.9 Å². The molecule has 3 aromatic carbocycles. The molecule has 1 heterocycles. The molecule has 1 aliphatic rings. The smallest absolute Gasteiger partial charge is 0.0752 e. The molecule has 2 N–H and O–H groups in total. The van der Waals surface area contributed by atoms with Crippen LogP contribution in [-0.4, -0.2) is 10.7 Å². The Bertz CT molecular complexity index is 865. The van der Waals surface area contributed by atoms with Crippen molar-refractivity contribution in [3.8, 4) is 0 Å². The maximum atomic E-state index is 12.0. The number of aliphatic hydroxyl groups is 1. The molecule has 4 atom stereocenters. The van der Waals surface area contributed by atoms with E-state index in [9.17, 15) is 5.11 Å². The number of benzene rings is 3. The Balaban J connectivity index is 1.73. The second-order valence-corrected chi connectivity index (χ2v) is 8.00. The van der Waals surface area contributed by atoms with Gasteiger partial charge in [-0.1, -0.05) is 97.9 Å². The van der Waals surface area contributed by atoms with Gasteiger partial charge in [0.25, 0.3) is 0 Å². The first kappa shape index (κ1) is 18.9. The van der Waals surface area contributed by atoms with E-state index in [1.165, 1.54) is 16.7 Å². The van der Waals surface area contributed by atoms with Gasteiger partial charge < -0.3 is 10.4 Å². The van der Waals surface area contributed by atoms with Gasteiger partial charge in [0.1, 0.15) is 0 Å². The van der Waals surface area contributed by atoms with E-state index in [1.54, 1.807) is 0 Å². The highest BCUT2D eigenvalue weighted by Gasteiger charge is 2.47. The summed E-state index contributed by atoms with van der Waals surface area (Å²) >= 11 is 0. The van der Waals surface area contributed by atoms with Gasteiger partial charge in [-0.15, -0.1) is 0 Å². The summed E-state index contributed by atoms with van der Waals surface area (Å²) in [6.45, 7) is 2.20. The van der Waals surface area contributed by atoms with Crippen LogP contribution in [0.2, 0.25) is 0 Å². The summed E-state index contributed by atoms with van der Waals surface area (Å²) in [6, 6.07) is 31.8. The van der Waals surface area contributed by atoms with Crippen molar-refractivity contribution >= 4 is 0 Å². The van der Waals surface area contributed by atoms with E-state index >= 15 is 0 Å². The molecule has 0 saturated carbocycles. The zero-order valence-electron chi connectivity index (χ0n) is 16.5. The molecule has 3 aromatic rings. The molecule has 0 spiro atoms. The van der Waals surface area contributed by atoms with Crippen molar-refractivity contribution in [2.24, 2.45) is 5.92 Å². The minimum absolute atomic E-state index is 0.124. The van der Waals surface area contributed by atoms with Crippen molar-refractivity contribution in [2.75, 3.05) is 0 Å². The third kappa shape index (κ3) is 3.89. The van der Waals surface area contributed by atoms with Crippen LogP contribution < -0.4 is 5.32 Å². The highest BCUT2D eigenvalue weighted by atomic mass is 16.3. The van der Waals surface area contributed by atoms with E-state index in [-0.39, 0.29) is 18.0 Å². The Morgan fingerprint density at radius 3 is 1.93 bits per heavy atom. The molecule has 0 unspecified atom stereocenters. The molecule has 1 saturated heterocycles. The van der Waals surface area contributed by atoms with Gasteiger partial charge in [-0.25, -0.2) is 0 Å². The lowest BCUT2D eigenvalue weighted by Gasteiger charge is -2.49. The molecule has 28 heavy (non-hydrogen) atoms. The van der Waals surface area contributed by atoms with Crippen LogP contribution >= 0.6 is 0 Å². The van der Waals surface area contributed by atoms with E-state index in [0.717, 1.165) is 6.42 Å². The fraction of sp³-hybridized carbons (Fsp3) is 0.308. The highest BCUT2D eigenvalue weighted by molar-refractivity contribution is 5.28. The molecule has 2 heteroatoms. The van der Waals surface area contributed by atoms with E-state index in [0.29, 0.717) is 12.8 Å². The summed E-state index contributed by atoms with van der Waals surface area (Å²) in [5.41, 5.74) is 2.93. The number of rotatable bonds is 5. The lowest BCUT2D eigenvalue weighted by molar-refractivity contribution is -0.0761. The minimum Gasteiger partial charge on any atom is -0.389 e. The van der Waals surface area contributed by atoms with Crippen LogP contribution in [0.3, 0.4) is 0 Å². The van der Waals surface area contributed by atoms with Crippen LogP contribution in [0.4, 0.5) is 0 Å². The lowest BCUT2D eigenvalue weighted by atomic mass is 9.67. The van der Waals surface area contributed by atoms with Gasteiger partial charge in [0.15, 0.2) is 0 Å². The van der Waals surface area contributed by atoms with Crippen molar-refractivity contribution < 1.29 is 5.11 Å². The first-order valence-electron chi connectivity index (χ1n) is 10.3. The van der Waals surface area contributed by atoms with Crippen LogP contribution in [0.25, 0.3) is 0 Å². The largest absolute Gasteiger partial charge is 0.389 e. The van der Waals surface area contributed by atoms with Crippen LogP contribution in [0.15, 0.2) is 91.0 Å². The number of piperidine rings is 1. The SMILES string of the molecule is CC[C@@H]1[C@H](c2ccccc2)N[C@H](c2ccccc2)C[C@]1(O)Cc1ccccc1. The number of hydrogen-bond acceptors (Lipinski definition) is 2. The van der Waals surface area contributed by atoms with Crippen LogP contribution in [-0.2, 0) is 6.42 Å². The third-order valence-electron chi connectivity index (χ3n) is 6.18. The van der Waals surface area contributed by atoms with Crippen LogP contribution in [0.5, 0.6) is 0 Å². The Hall–Kier alpha value is -2.42. The molecule has 0 amide bonds. The number of nitrogens with one attached hydrogen (secondary N) is 1. The summed E-state index contributed by atoms with van der Waals surface area (Å²) in [5.74, 6) is 0.148. The molecule has 0 bridgehead atoms. The summed E-state index contributed by atoms with van der Waals surface area (Å²) in [4.78, 5) is 0. The summed E-state index contributed by atoms with van der Waals surface area (Å²) in [7, 11) is 0. The van der Waals surface area contributed by atoms with Gasteiger partial charge in [-0.05, 0) is 29.5 Å². The minimum atomic E-state index is -0.762. The standard InChI is InChI=1S/C26H29NO/c1-2-23-25(22-16-10-5-11-17-22)27-24(21-14-8-4-9-15-21)19-26(23,28)18-20-12-6-3-7-13-20/h3-17,23-25,27-28H,2,18-19H2,1H3/t23-,24+,25+,26-/m1/s1. The Kier molecular flexibility index (Phi) is 5.61. The first-order chi connectivity index (χ1) is 13.7. The highest BCUT2D eigenvalue weighted by Crippen LogP contribution is 2.46. The van der Waals surface area contributed by atoms with E-state index in [2.05, 4.69) is 91.1 Å². The molecule has 1 fully saturated rings. The second-order valence-electron chi connectivity index (χ2n) is 8.00. The fourth-order valence-electron chi connectivity index (χ4n) is 4.86. The summed E-state index contributed by atoms with van der Waals surface area (Å²) in [5, 5.41) is 15.9. The molecule has 0 radical (unpaired) electrons. The molecule has 0 aromatic heterocycles. The molecule has 0 aliphatic carbocycles.